The highest BCUT2D eigenvalue weighted by Gasteiger charge is 2.22. The third-order valence-corrected chi connectivity index (χ3v) is 6.14. The third-order valence-electron chi connectivity index (χ3n) is 4.15. The fourth-order valence-corrected chi connectivity index (χ4v) is 3.47. The highest BCUT2D eigenvalue weighted by Crippen LogP contribution is 2.25. The number of rotatable bonds is 6. The molecule has 2 aromatic carbocycles. The van der Waals surface area contributed by atoms with Crippen molar-refractivity contribution in [2.24, 2.45) is 0 Å². The zero-order valence-electron chi connectivity index (χ0n) is 14.5. The fourth-order valence-electron chi connectivity index (χ4n) is 2.40. The zero-order chi connectivity index (χ0) is 18.7. The highest BCUT2D eigenvalue weighted by atomic mass is 35.5. The Morgan fingerprint density at radius 2 is 1.76 bits per heavy atom. The molecule has 4 nitrogen and oxygen atoms in total. The van der Waals surface area contributed by atoms with E-state index in [1.807, 2.05) is 38.1 Å². The molecule has 2 rings (SSSR count). The van der Waals surface area contributed by atoms with Crippen LogP contribution in [0.5, 0.6) is 0 Å². The molecule has 2 aromatic rings. The van der Waals surface area contributed by atoms with Gasteiger partial charge >= 0.3 is 0 Å². The van der Waals surface area contributed by atoms with Crippen molar-refractivity contribution in [1.29, 1.82) is 0 Å². The van der Waals surface area contributed by atoms with Crippen LogP contribution in [0.15, 0.2) is 53.4 Å². The van der Waals surface area contributed by atoms with Crippen LogP contribution in [-0.4, -0.2) is 26.6 Å². The second-order valence-electron chi connectivity index (χ2n) is 6.50. The summed E-state index contributed by atoms with van der Waals surface area (Å²) in [7, 11) is -3.26. The molecule has 0 heterocycles. The Hall–Kier alpha value is -1.85. The molecule has 1 N–H and O–H groups in total. The molecule has 0 fully saturated rings. The summed E-state index contributed by atoms with van der Waals surface area (Å²) in [6, 6.07) is 13.6. The molecule has 0 bridgehead atoms. The standard InChI is InChI=1S/C19H22ClNO3S/c1-4-25(23,24)17-10-8-14(9-11-17)18(22)21-13-19(2,3)15-6-5-7-16(20)12-15/h5-12H,4,13H2,1-3H3,(H,21,22). The molecule has 1 amide bonds. The van der Waals surface area contributed by atoms with Gasteiger partial charge in [0, 0.05) is 22.5 Å². The second kappa shape index (κ2) is 7.58. The van der Waals surface area contributed by atoms with Gasteiger partial charge in [0.1, 0.15) is 0 Å². The molecule has 0 radical (unpaired) electrons. The number of hydrogen-bond donors (Lipinski definition) is 1. The quantitative estimate of drug-likeness (QED) is 0.829. The van der Waals surface area contributed by atoms with E-state index in [1.54, 1.807) is 6.92 Å². The Labute approximate surface area is 154 Å². The van der Waals surface area contributed by atoms with E-state index in [2.05, 4.69) is 5.32 Å². The van der Waals surface area contributed by atoms with Crippen molar-refractivity contribution < 1.29 is 13.2 Å². The van der Waals surface area contributed by atoms with Crippen LogP contribution in [0.25, 0.3) is 0 Å². The molecule has 0 unspecified atom stereocenters. The molecule has 134 valence electrons. The van der Waals surface area contributed by atoms with E-state index < -0.39 is 9.84 Å². The first kappa shape index (κ1) is 19.5. The number of benzene rings is 2. The van der Waals surface area contributed by atoms with Crippen LogP contribution < -0.4 is 5.32 Å². The van der Waals surface area contributed by atoms with E-state index >= 15 is 0 Å². The molecule has 6 heteroatoms. The van der Waals surface area contributed by atoms with E-state index in [9.17, 15) is 13.2 Å². The summed E-state index contributed by atoms with van der Waals surface area (Å²) in [5.74, 6) is -0.206. The van der Waals surface area contributed by atoms with Gasteiger partial charge in [-0.2, -0.15) is 0 Å². The van der Waals surface area contributed by atoms with Gasteiger partial charge in [-0.15, -0.1) is 0 Å². The van der Waals surface area contributed by atoms with Crippen molar-refractivity contribution in [3.63, 3.8) is 0 Å². The smallest absolute Gasteiger partial charge is 0.251 e. The average molecular weight is 380 g/mol. The van der Waals surface area contributed by atoms with Crippen LogP contribution in [0, 0.1) is 0 Å². The molecule has 0 spiro atoms. The van der Waals surface area contributed by atoms with Gasteiger partial charge in [0.25, 0.3) is 5.91 Å². The molecule has 0 saturated heterocycles. The lowest BCUT2D eigenvalue weighted by Gasteiger charge is -2.26. The van der Waals surface area contributed by atoms with Gasteiger partial charge in [0.05, 0.1) is 10.6 Å². The summed E-state index contributed by atoms with van der Waals surface area (Å²) in [6.45, 7) is 6.07. The third kappa shape index (κ3) is 4.83. The minimum atomic E-state index is -3.26. The first-order valence-corrected chi connectivity index (χ1v) is 10.1. The van der Waals surface area contributed by atoms with Crippen molar-refractivity contribution in [2.75, 3.05) is 12.3 Å². The largest absolute Gasteiger partial charge is 0.351 e. The SMILES string of the molecule is CCS(=O)(=O)c1ccc(C(=O)NCC(C)(C)c2cccc(Cl)c2)cc1. The van der Waals surface area contributed by atoms with Gasteiger partial charge < -0.3 is 5.32 Å². The van der Waals surface area contributed by atoms with Crippen molar-refractivity contribution in [3.05, 3.63) is 64.7 Å². The van der Waals surface area contributed by atoms with E-state index in [0.717, 1.165) is 5.56 Å². The van der Waals surface area contributed by atoms with Crippen LogP contribution in [0.4, 0.5) is 0 Å². The van der Waals surface area contributed by atoms with E-state index in [1.165, 1.54) is 24.3 Å². The molecular formula is C19H22ClNO3S. The van der Waals surface area contributed by atoms with Gasteiger partial charge in [-0.3, -0.25) is 4.79 Å². The maximum Gasteiger partial charge on any atom is 0.251 e. The minimum Gasteiger partial charge on any atom is -0.351 e. The van der Waals surface area contributed by atoms with Crippen LogP contribution in [0.3, 0.4) is 0 Å². The molecule has 0 saturated carbocycles. The lowest BCUT2D eigenvalue weighted by molar-refractivity contribution is 0.0945. The Morgan fingerprint density at radius 1 is 1.12 bits per heavy atom. The molecular weight excluding hydrogens is 358 g/mol. The summed E-state index contributed by atoms with van der Waals surface area (Å²) >= 11 is 6.04. The summed E-state index contributed by atoms with van der Waals surface area (Å²) < 4.78 is 23.6. The molecule has 0 atom stereocenters. The zero-order valence-corrected chi connectivity index (χ0v) is 16.1. The summed E-state index contributed by atoms with van der Waals surface area (Å²) in [6.07, 6.45) is 0. The van der Waals surface area contributed by atoms with E-state index in [0.29, 0.717) is 17.1 Å². The lowest BCUT2D eigenvalue weighted by Crippen LogP contribution is -2.36. The van der Waals surface area contributed by atoms with Gasteiger partial charge in [0.15, 0.2) is 9.84 Å². The number of carbonyl (C=O) groups excluding carboxylic acids is 1. The minimum absolute atomic E-state index is 0.0341. The summed E-state index contributed by atoms with van der Waals surface area (Å²) in [4.78, 5) is 12.6. The normalized spacial score (nSPS) is 12.0. The molecule has 0 aliphatic heterocycles. The summed E-state index contributed by atoms with van der Waals surface area (Å²) in [5, 5.41) is 3.55. The first-order chi connectivity index (χ1) is 11.7. The molecule has 0 aliphatic carbocycles. The number of sulfone groups is 1. The Morgan fingerprint density at radius 3 is 2.32 bits per heavy atom. The highest BCUT2D eigenvalue weighted by molar-refractivity contribution is 7.91. The van der Waals surface area contributed by atoms with E-state index in [-0.39, 0.29) is 22.0 Å². The predicted molar refractivity (Wildman–Crippen MR) is 101 cm³/mol. The van der Waals surface area contributed by atoms with Crippen molar-refractivity contribution >= 4 is 27.3 Å². The van der Waals surface area contributed by atoms with Gasteiger partial charge in [-0.05, 0) is 42.0 Å². The van der Waals surface area contributed by atoms with Crippen molar-refractivity contribution in [1.82, 2.24) is 5.32 Å². The van der Waals surface area contributed by atoms with Gasteiger partial charge in [-0.1, -0.05) is 44.5 Å². The van der Waals surface area contributed by atoms with Crippen molar-refractivity contribution in [2.45, 2.75) is 31.1 Å². The number of nitrogens with one attached hydrogen (secondary N) is 1. The van der Waals surface area contributed by atoms with Gasteiger partial charge in [-0.25, -0.2) is 8.42 Å². The molecule has 0 aromatic heterocycles. The fraction of sp³-hybridized carbons (Fsp3) is 0.316. The maximum atomic E-state index is 12.3. The van der Waals surface area contributed by atoms with Crippen molar-refractivity contribution in [3.8, 4) is 0 Å². The van der Waals surface area contributed by atoms with Gasteiger partial charge in [0.2, 0.25) is 0 Å². The average Bonchev–Trinajstić information content (AvgIpc) is 2.60. The molecule has 0 aliphatic rings. The number of hydrogen-bond acceptors (Lipinski definition) is 3. The number of amides is 1. The Kier molecular flexibility index (Phi) is 5.91. The first-order valence-electron chi connectivity index (χ1n) is 8.03. The summed E-state index contributed by atoms with van der Waals surface area (Å²) in [5.41, 5.74) is 1.17. The van der Waals surface area contributed by atoms with E-state index in [4.69, 9.17) is 11.6 Å². The molecule has 25 heavy (non-hydrogen) atoms. The number of halogens is 1. The Bertz CT molecular complexity index is 858. The monoisotopic (exact) mass is 379 g/mol. The van der Waals surface area contributed by atoms with Crippen LogP contribution >= 0.6 is 11.6 Å². The lowest BCUT2D eigenvalue weighted by atomic mass is 9.84. The topological polar surface area (TPSA) is 63.2 Å². The number of carbonyl (C=O) groups is 1. The Balaban J connectivity index is 2.07. The predicted octanol–water partition coefficient (Wildman–Crippen LogP) is 3.84. The van der Waals surface area contributed by atoms with Crippen LogP contribution in [0.2, 0.25) is 5.02 Å². The maximum absolute atomic E-state index is 12.3. The second-order valence-corrected chi connectivity index (χ2v) is 9.22. The van der Waals surface area contributed by atoms with Crippen LogP contribution in [0.1, 0.15) is 36.7 Å². The van der Waals surface area contributed by atoms with Crippen LogP contribution in [-0.2, 0) is 15.3 Å².